The van der Waals surface area contributed by atoms with Crippen molar-refractivity contribution in [2.45, 2.75) is 19.8 Å². The molecule has 176 valence electrons. The average Bonchev–Trinajstić information content (AvgIpc) is 3.21. The Hall–Kier alpha value is -3.10. The highest BCUT2D eigenvalue weighted by Crippen LogP contribution is 2.37. The van der Waals surface area contributed by atoms with E-state index < -0.39 is 11.2 Å². The molecule has 0 radical (unpaired) electrons. The molecular formula is C26H30N6OS. The molecule has 1 fully saturated rings. The summed E-state index contributed by atoms with van der Waals surface area (Å²) in [4.78, 5) is 11.6. The number of aromatic nitrogens is 4. The van der Waals surface area contributed by atoms with E-state index >= 15 is 0 Å². The van der Waals surface area contributed by atoms with Gasteiger partial charge in [0.05, 0.1) is 18.1 Å². The fraction of sp³-hybridized carbons (Fsp3) is 0.346. The smallest absolute Gasteiger partial charge is 0.130 e. The molecule has 7 nitrogen and oxygen atoms in total. The maximum absolute atomic E-state index is 11.6. The predicted octanol–water partition coefficient (Wildman–Crippen LogP) is 4.71. The van der Waals surface area contributed by atoms with E-state index in [1.165, 1.54) is 22.0 Å². The van der Waals surface area contributed by atoms with Gasteiger partial charge in [-0.2, -0.15) is 5.10 Å². The molecule has 0 amide bonds. The van der Waals surface area contributed by atoms with Crippen LogP contribution in [0.2, 0.25) is 0 Å². The lowest BCUT2D eigenvalue weighted by Crippen LogP contribution is -2.49. The van der Waals surface area contributed by atoms with Gasteiger partial charge in [0.25, 0.3) is 0 Å². The second-order valence-electron chi connectivity index (χ2n) is 9.41. The van der Waals surface area contributed by atoms with E-state index in [1.807, 2.05) is 37.8 Å². The van der Waals surface area contributed by atoms with Gasteiger partial charge in [0.1, 0.15) is 11.6 Å². The molecule has 1 aromatic carbocycles. The highest BCUT2D eigenvalue weighted by molar-refractivity contribution is 7.90. The first kappa shape index (κ1) is 22.7. The third kappa shape index (κ3) is 4.60. The van der Waals surface area contributed by atoms with E-state index in [-0.39, 0.29) is 0 Å². The molecule has 1 N–H and O–H groups in total. The van der Waals surface area contributed by atoms with Gasteiger partial charge in [-0.1, -0.05) is 31.1 Å². The van der Waals surface area contributed by atoms with Crippen molar-refractivity contribution in [3.8, 4) is 11.3 Å². The van der Waals surface area contributed by atoms with Gasteiger partial charge < -0.3 is 14.8 Å². The summed E-state index contributed by atoms with van der Waals surface area (Å²) in [5.74, 6) is 2.48. The zero-order valence-corrected chi connectivity index (χ0v) is 20.8. The molecule has 4 aromatic rings. The zero-order chi connectivity index (χ0) is 23.8. The molecule has 1 saturated heterocycles. The first-order chi connectivity index (χ1) is 16.4. The zero-order valence-electron chi connectivity index (χ0n) is 20.0. The third-order valence-corrected chi connectivity index (χ3v) is 7.28. The third-order valence-electron chi connectivity index (χ3n) is 6.33. The van der Waals surface area contributed by atoms with E-state index in [0.29, 0.717) is 11.8 Å². The molecule has 1 atom stereocenters. The molecule has 0 saturated carbocycles. The summed E-state index contributed by atoms with van der Waals surface area (Å²) < 4.78 is 13.4. The number of nitrogens with one attached hydrogen (secondary N) is 1. The van der Waals surface area contributed by atoms with Gasteiger partial charge in [-0.05, 0) is 41.1 Å². The van der Waals surface area contributed by atoms with E-state index in [0.717, 1.165) is 41.6 Å². The standard InChI is InChI=1S/C26H30N6OS/c1-17(2)21-5-6-25(32-13-18(14-32)16-34(4)33)23-12-28-26(10-22(21)23)30-20-7-8-27-24(9-20)19-11-29-31(3)15-19/h5-12,15,17-18H,13-14,16H2,1-4H3,(H,27,28,30). The molecule has 5 rings (SSSR count). The number of pyridine rings is 2. The number of rotatable bonds is 7. The molecular weight excluding hydrogens is 444 g/mol. The van der Waals surface area contributed by atoms with Gasteiger partial charge in [-0.15, -0.1) is 0 Å². The molecule has 0 bridgehead atoms. The van der Waals surface area contributed by atoms with Crippen molar-refractivity contribution in [1.29, 1.82) is 0 Å². The summed E-state index contributed by atoms with van der Waals surface area (Å²) in [5, 5.41) is 10.1. The van der Waals surface area contributed by atoms with Gasteiger partial charge in [-0.25, -0.2) is 4.98 Å². The van der Waals surface area contributed by atoms with Gasteiger partial charge in [-0.3, -0.25) is 9.67 Å². The molecule has 1 aliphatic rings. The highest BCUT2D eigenvalue weighted by atomic mass is 32.2. The Morgan fingerprint density at radius 2 is 1.94 bits per heavy atom. The highest BCUT2D eigenvalue weighted by Gasteiger charge is 2.31. The van der Waals surface area contributed by atoms with Crippen LogP contribution >= 0.6 is 0 Å². The molecule has 1 unspecified atom stereocenters. The summed E-state index contributed by atoms with van der Waals surface area (Å²) in [6, 6.07) is 10.6. The van der Waals surface area contributed by atoms with Crippen LogP contribution in [0.5, 0.6) is 0 Å². The molecule has 34 heavy (non-hydrogen) atoms. The number of benzene rings is 1. The van der Waals surface area contributed by atoms with Gasteiger partial charge in [0.15, 0.2) is 0 Å². The summed E-state index contributed by atoms with van der Waals surface area (Å²) in [6.07, 6.45) is 9.33. The average molecular weight is 475 g/mol. The lowest BCUT2D eigenvalue weighted by atomic mass is 9.93. The van der Waals surface area contributed by atoms with Crippen molar-refractivity contribution in [3.63, 3.8) is 0 Å². The van der Waals surface area contributed by atoms with Crippen LogP contribution in [0.3, 0.4) is 0 Å². The van der Waals surface area contributed by atoms with Crippen LogP contribution in [-0.4, -0.2) is 49.4 Å². The second kappa shape index (κ2) is 9.27. The Morgan fingerprint density at radius 3 is 2.65 bits per heavy atom. The minimum Gasteiger partial charge on any atom is -0.617 e. The van der Waals surface area contributed by atoms with E-state index in [9.17, 15) is 4.55 Å². The van der Waals surface area contributed by atoms with Crippen molar-refractivity contribution >= 4 is 39.1 Å². The van der Waals surface area contributed by atoms with Crippen LogP contribution in [0.15, 0.2) is 55.1 Å². The van der Waals surface area contributed by atoms with Crippen LogP contribution < -0.4 is 10.2 Å². The number of fused-ring (bicyclic) bond motifs is 1. The second-order valence-corrected chi connectivity index (χ2v) is 10.9. The number of aryl methyl sites for hydroxylation is 1. The summed E-state index contributed by atoms with van der Waals surface area (Å²) >= 11 is -0.745. The van der Waals surface area contributed by atoms with Crippen molar-refractivity contribution < 1.29 is 4.55 Å². The topological polar surface area (TPSA) is 81.9 Å². The monoisotopic (exact) mass is 474 g/mol. The van der Waals surface area contributed by atoms with Crippen molar-refractivity contribution in [3.05, 3.63) is 60.7 Å². The van der Waals surface area contributed by atoms with E-state index in [4.69, 9.17) is 4.98 Å². The van der Waals surface area contributed by atoms with Crippen LogP contribution in [0, 0.1) is 5.92 Å². The van der Waals surface area contributed by atoms with Gasteiger partial charge in [0.2, 0.25) is 0 Å². The lowest BCUT2D eigenvalue weighted by molar-refractivity contribution is 0.445. The maximum Gasteiger partial charge on any atom is 0.130 e. The fourth-order valence-corrected chi connectivity index (χ4v) is 5.54. The van der Waals surface area contributed by atoms with Gasteiger partial charge in [0, 0.05) is 67.0 Å². The first-order valence-electron chi connectivity index (χ1n) is 11.6. The maximum atomic E-state index is 11.6. The van der Waals surface area contributed by atoms with Crippen molar-refractivity contribution in [1.82, 2.24) is 19.7 Å². The fourth-order valence-electron chi connectivity index (χ4n) is 4.67. The lowest BCUT2D eigenvalue weighted by Gasteiger charge is -2.41. The summed E-state index contributed by atoms with van der Waals surface area (Å²) in [6.45, 7) is 6.34. The largest absolute Gasteiger partial charge is 0.617 e. The summed E-state index contributed by atoms with van der Waals surface area (Å²) in [7, 11) is 1.90. The summed E-state index contributed by atoms with van der Waals surface area (Å²) in [5.41, 5.74) is 5.29. The Morgan fingerprint density at radius 1 is 1.12 bits per heavy atom. The minimum atomic E-state index is -0.745. The molecule has 0 spiro atoms. The quantitative estimate of drug-likeness (QED) is 0.391. The Bertz CT molecular complexity index is 1310. The van der Waals surface area contributed by atoms with Crippen molar-refractivity contribution in [2.75, 3.05) is 35.3 Å². The predicted molar refractivity (Wildman–Crippen MR) is 140 cm³/mol. The van der Waals surface area contributed by atoms with E-state index in [2.05, 4.69) is 52.3 Å². The molecule has 8 heteroatoms. The van der Waals surface area contributed by atoms with Gasteiger partial charge >= 0.3 is 0 Å². The SMILES string of the molecule is CC(C)c1ccc(N2CC(C[S+](C)[O-])C2)c2cnc(Nc3ccnc(-c4cnn(C)c4)c3)cc12. The number of nitrogens with zero attached hydrogens (tertiary/aromatic N) is 5. The Kier molecular flexibility index (Phi) is 6.18. The molecule has 0 aliphatic carbocycles. The first-order valence-corrected chi connectivity index (χ1v) is 13.3. The Labute approximate surface area is 203 Å². The normalized spacial score (nSPS) is 15.1. The molecule has 1 aliphatic heterocycles. The van der Waals surface area contributed by atoms with Crippen LogP contribution in [0.1, 0.15) is 25.3 Å². The van der Waals surface area contributed by atoms with Crippen LogP contribution in [-0.2, 0) is 18.2 Å². The molecule has 3 aromatic heterocycles. The number of hydrogen-bond donors (Lipinski definition) is 1. The van der Waals surface area contributed by atoms with Crippen molar-refractivity contribution in [2.24, 2.45) is 13.0 Å². The number of anilines is 3. The van der Waals surface area contributed by atoms with E-state index in [1.54, 1.807) is 17.1 Å². The van der Waals surface area contributed by atoms with Crippen LogP contribution in [0.4, 0.5) is 17.2 Å². The minimum absolute atomic E-state index is 0.400. The molecule has 4 heterocycles. The van der Waals surface area contributed by atoms with Crippen LogP contribution in [0.25, 0.3) is 22.0 Å². The Balaban J connectivity index is 1.44. The number of hydrogen-bond acceptors (Lipinski definition) is 6.